The Balaban J connectivity index is 1.64. The number of nitrogens with two attached hydrogens (primary N) is 1. The number of carbonyl (C=O) groups excluding carboxylic acids is 1. The number of rotatable bonds is 7. The Morgan fingerprint density at radius 1 is 0.919 bits per heavy atom. The van der Waals surface area contributed by atoms with Gasteiger partial charge in [0, 0.05) is 58.8 Å². The van der Waals surface area contributed by atoms with E-state index in [1.54, 1.807) is 0 Å². The van der Waals surface area contributed by atoms with Gasteiger partial charge in [-0.3, -0.25) is 10.1 Å². The molecular formula is C25H47N9O3+2. The number of carboxylic acids is 1. The Morgan fingerprint density at radius 2 is 1.49 bits per heavy atom. The van der Waals surface area contributed by atoms with Crippen molar-refractivity contribution < 1.29 is 25.7 Å². The molecule has 4 rings (SSSR count). The largest absolute Gasteiger partial charge is 0.480 e. The summed E-state index contributed by atoms with van der Waals surface area (Å²) >= 11 is 0. The summed E-state index contributed by atoms with van der Waals surface area (Å²) < 4.78 is 0. The van der Waals surface area contributed by atoms with Crippen LogP contribution in [0.3, 0.4) is 0 Å². The zero-order valence-corrected chi connectivity index (χ0v) is 21.9. The zero-order chi connectivity index (χ0) is 26.4. The summed E-state index contributed by atoms with van der Waals surface area (Å²) in [5.41, 5.74) is 4.88. The lowest BCUT2D eigenvalue weighted by atomic mass is 9.97. The highest BCUT2D eigenvalue weighted by atomic mass is 16.4. The number of quaternary nitrogens is 2. The minimum Gasteiger partial charge on any atom is -0.480 e. The number of benzene rings is 1. The fourth-order valence-corrected chi connectivity index (χ4v) is 4.80. The summed E-state index contributed by atoms with van der Waals surface area (Å²) in [6, 6.07) is 8.36. The van der Waals surface area contributed by atoms with Gasteiger partial charge in [-0.25, -0.2) is 4.79 Å². The van der Waals surface area contributed by atoms with Gasteiger partial charge in [0.2, 0.25) is 5.91 Å². The maximum Gasteiger partial charge on any atom is 0.326 e. The van der Waals surface area contributed by atoms with Gasteiger partial charge >= 0.3 is 5.97 Å². The molecule has 12 nitrogen and oxygen atoms in total. The van der Waals surface area contributed by atoms with E-state index in [4.69, 9.17) is 0 Å². The lowest BCUT2D eigenvalue weighted by Crippen LogP contribution is -2.98. The fraction of sp³-hybridized carbons (Fsp3) is 0.680. The standard InChI is InChI=1S/C25H45N9O3/c26-24-14-27-6-9-30-17-25(18-31-10-7-28-15-24,19-32-11-8-29-16-24)33-13-22(35)34-21(23(36)37)12-20-4-2-1-3-5-20/h1-5,21,27-33H,6-19,26H2,(H,34,35)(H,36,37)/p+2/t21-,24?,25?/m0/s1. The van der Waals surface area contributed by atoms with Crippen LogP contribution in [0.5, 0.6) is 0 Å². The first-order valence-electron chi connectivity index (χ1n) is 13.4. The number of fused-ring (bicyclic) bond motifs is 15. The predicted molar refractivity (Wildman–Crippen MR) is 142 cm³/mol. The van der Waals surface area contributed by atoms with Crippen molar-refractivity contribution in [3.8, 4) is 0 Å². The van der Waals surface area contributed by atoms with Crippen LogP contribution in [-0.4, -0.2) is 119 Å². The molecule has 3 heterocycles. The molecule has 0 aliphatic carbocycles. The van der Waals surface area contributed by atoms with E-state index in [2.05, 4.69) is 48.3 Å². The summed E-state index contributed by atoms with van der Waals surface area (Å²) in [5, 5.41) is 35.9. The summed E-state index contributed by atoms with van der Waals surface area (Å²) in [4.78, 5) is 24.7. The van der Waals surface area contributed by atoms with E-state index >= 15 is 0 Å². The molecule has 2 bridgehead atoms. The number of nitrogens with one attached hydrogen (secondary N) is 7. The van der Waals surface area contributed by atoms with Crippen LogP contribution in [0.15, 0.2) is 30.3 Å². The second-order valence-electron chi connectivity index (χ2n) is 10.4. The van der Waals surface area contributed by atoms with E-state index < -0.39 is 17.6 Å². The maximum absolute atomic E-state index is 12.9. The van der Waals surface area contributed by atoms with Crippen molar-refractivity contribution in [3.63, 3.8) is 0 Å². The van der Waals surface area contributed by atoms with Gasteiger partial charge in [-0.1, -0.05) is 30.3 Å². The molecule has 37 heavy (non-hydrogen) atoms. The number of aliphatic carboxylic acids is 1. The van der Waals surface area contributed by atoms with Gasteiger partial charge in [-0.15, -0.1) is 0 Å². The van der Waals surface area contributed by atoms with Crippen LogP contribution in [0.4, 0.5) is 0 Å². The van der Waals surface area contributed by atoms with Gasteiger partial charge < -0.3 is 48.1 Å². The van der Waals surface area contributed by atoms with Gasteiger partial charge in [0.15, 0.2) is 5.54 Å². The number of carboxylic acid groups (broad SMARTS) is 1. The Kier molecular flexibility index (Phi) is 12.2. The van der Waals surface area contributed by atoms with Gasteiger partial charge in [0.25, 0.3) is 0 Å². The number of hydrogen-bond acceptors (Lipinski definition) is 8. The van der Waals surface area contributed by atoms with Gasteiger partial charge in [0.1, 0.15) is 12.6 Å². The highest BCUT2D eigenvalue weighted by molar-refractivity contribution is 5.84. The second-order valence-corrected chi connectivity index (χ2v) is 10.4. The molecule has 0 radical (unpaired) electrons. The summed E-state index contributed by atoms with van der Waals surface area (Å²) in [6.45, 7) is 9.64. The fourth-order valence-electron chi connectivity index (χ4n) is 4.80. The van der Waals surface area contributed by atoms with Crippen LogP contribution in [0.1, 0.15) is 5.56 Å². The van der Waals surface area contributed by atoms with Gasteiger partial charge in [-0.2, -0.15) is 0 Å². The lowest BCUT2D eigenvalue weighted by Gasteiger charge is -2.37. The van der Waals surface area contributed by atoms with Crippen LogP contribution in [-0.2, 0) is 16.0 Å². The van der Waals surface area contributed by atoms with Crippen LogP contribution < -0.4 is 48.3 Å². The molecule has 3 aliphatic rings. The minimum atomic E-state index is -1.04. The summed E-state index contributed by atoms with van der Waals surface area (Å²) in [5.74, 6) is -1.38. The molecule has 1 amide bonds. The molecule has 12 heteroatoms. The third kappa shape index (κ3) is 10.6. The van der Waals surface area contributed by atoms with E-state index in [9.17, 15) is 14.7 Å². The Hall–Kier alpha value is -2.16. The van der Waals surface area contributed by atoms with Gasteiger partial charge in [0.05, 0.1) is 31.7 Å². The molecule has 3 fully saturated rings. The van der Waals surface area contributed by atoms with E-state index in [-0.39, 0.29) is 24.4 Å². The zero-order valence-electron chi connectivity index (χ0n) is 21.9. The van der Waals surface area contributed by atoms with Crippen molar-refractivity contribution in [1.29, 1.82) is 0 Å². The Morgan fingerprint density at radius 3 is 2.08 bits per heavy atom. The van der Waals surface area contributed by atoms with E-state index in [1.807, 2.05) is 30.3 Å². The first-order valence-corrected chi connectivity index (χ1v) is 13.4. The molecule has 0 unspecified atom stereocenters. The van der Waals surface area contributed by atoms with E-state index in [1.165, 1.54) is 0 Å². The Labute approximate surface area is 219 Å². The van der Waals surface area contributed by atoms with Crippen LogP contribution >= 0.6 is 0 Å². The van der Waals surface area contributed by atoms with Crippen molar-refractivity contribution in [3.05, 3.63) is 35.9 Å². The number of carbonyl (C=O) groups is 2. The molecule has 0 spiro atoms. The maximum atomic E-state index is 12.9. The molecule has 3 aliphatic heterocycles. The quantitative estimate of drug-likeness (QED) is 0.167. The normalized spacial score (nSPS) is 27.5. The van der Waals surface area contributed by atoms with Crippen molar-refractivity contribution in [1.82, 2.24) is 37.2 Å². The third-order valence-corrected chi connectivity index (χ3v) is 6.99. The molecular weight excluding hydrogens is 474 g/mol. The highest BCUT2D eigenvalue weighted by Gasteiger charge is 2.33. The topological polar surface area (TPSA) is 183 Å². The molecule has 1 aromatic carbocycles. The average molecular weight is 522 g/mol. The lowest BCUT2D eigenvalue weighted by molar-refractivity contribution is -0.692. The molecule has 1 aromatic rings. The van der Waals surface area contributed by atoms with Crippen molar-refractivity contribution >= 4 is 11.9 Å². The first kappa shape index (κ1) is 29.4. The number of hydrogen-bond donors (Lipinski definition) is 10. The molecule has 0 aromatic heterocycles. The van der Waals surface area contributed by atoms with Crippen molar-refractivity contribution in [2.75, 3.05) is 85.1 Å². The number of amides is 1. The van der Waals surface area contributed by atoms with Crippen LogP contribution in [0.2, 0.25) is 0 Å². The average Bonchev–Trinajstić information content (AvgIpc) is 2.88. The van der Waals surface area contributed by atoms with Gasteiger partial charge in [-0.05, 0) is 5.56 Å². The summed E-state index contributed by atoms with van der Waals surface area (Å²) in [7, 11) is 0. The monoisotopic (exact) mass is 521 g/mol. The molecule has 208 valence electrons. The first-order chi connectivity index (χ1) is 17.9. The van der Waals surface area contributed by atoms with Crippen molar-refractivity contribution in [2.45, 2.75) is 23.5 Å². The molecule has 13 N–H and O–H groups in total. The Bertz CT molecular complexity index is 783. The molecule has 3 saturated heterocycles. The SMILES string of the molecule is [NH3+]C12CNCCNCC(NCC(=O)N[C@@H](Cc3ccccc3)C(=O)O)(CNCCNC1)CNCC[NH2+]C2. The highest BCUT2D eigenvalue weighted by Crippen LogP contribution is 2.05. The van der Waals surface area contributed by atoms with E-state index in [0.29, 0.717) is 19.6 Å². The third-order valence-electron chi connectivity index (χ3n) is 6.99. The van der Waals surface area contributed by atoms with Crippen LogP contribution in [0, 0.1) is 0 Å². The van der Waals surface area contributed by atoms with E-state index in [0.717, 1.165) is 64.5 Å². The van der Waals surface area contributed by atoms with Crippen LogP contribution in [0.25, 0.3) is 0 Å². The molecule has 1 atom stereocenters. The van der Waals surface area contributed by atoms with Crippen molar-refractivity contribution in [2.24, 2.45) is 0 Å². The predicted octanol–water partition coefficient (Wildman–Crippen LogP) is -5.35. The minimum absolute atomic E-state index is 0.0241. The smallest absolute Gasteiger partial charge is 0.326 e. The second kappa shape index (κ2) is 15.3. The summed E-state index contributed by atoms with van der Waals surface area (Å²) in [6.07, 6.45) is 0.239. The molecule has 0 saturated carbocycles.